The van der Waals surface area contributed by atoms with Crippen LogP contribution in [-0.4, -0.2) is 33.0 Å². The highest BCUT2D eigenvalue weighted by molar-refractivity contribution is 6.03. The van der Waals surface area contributed by atoms with Gasteiger partial charge in [0.2, 0.25) is 5.91 Å². The molecule has 1 aromatic carbocycles. The number of carbonyl (C=O) groups excluding carboxylic acids is 2. The molecule has 1 heterocycles. The van der Waals surface area contributed by atoms with E-state index >= 15 is 0 Å². The normalized spacial score (nSPS) is 11.6. The number of amides is 2. The quantitative estimate of drug-likeness (QED) is 0.803. The number of hydrogen-bond donors (Lipinski definition) is 1. The van der Waals surface area contributed by atoms with E-state index in [-0.39, 0.29) is 23.3 Å². The van der Waals surface area contributed by atoms with Gasteiger partial charge in [0.1, 0.15) is 0 Å². The van der Waals surface area contributed by atoms with Crippen LogP contribution in [0.5, 0.6) is 0 Å². The lowest BCUT2D eigenvalue weighted by molar-refractivity contribution is -0.129. The van der Waals surface area contributed by atoms with Gasteiger partial charge in [-0.2, -0.15) is 5.10 Å². The summed E-state index contributed by atoms with van der Waals surface area (Å²) in [6.07, 6.45) is 0. The number of nitrogens with one attached hydrogen (secondary N) is 1. The molecule has 28 heavy (non-hydrogen) atoms. The summed E-state index contributed by atoms with van der Waals surface area (Å²) in [7, 11) is 0. The Bertz CT molecular complexity index is 846. The first-order valence-corrected chi connectivity index (χ1v) is 9.79. The van der Waals surface area contributed by atoms with Crippen molar-refractivity contribution >= 4 is 17.5 Å². The molecule has 0 aliphatic heterocycles. The Balaban J connectivity index is 2.22. The van der Waals surface area contributed by atoms with Crippen molar-refractivity contribution in [2.45, 2.75) is 66.5 Å². The van der Waals surface area contributed by atoms with Crippen molar-refractivity contribution in [1.82, 2.24) is 14.7 Å². The van der Waals surface area contributed by atoms with E-state index in [4.69, 9.17) is 0 Å². The van der Waals surface area contributed by atoms with Gasteiger partial charge in [-0.15, -0.1) is 0 Å². The van der Waals surface area contributed by atoms with Crippen molar-refractivity contribution in [2.75, 3.05) is 11.9 Å². The van der Waals surface area contributed by atoms with Gasteiger partial charge in [-0.1, -0.05) is 26.0 Å². The molecule has 0 saturated heterocycles. The molecule has 0 saturated carbocycles. The third-order valence-electron chi connectivity index (χ3n) is 4.58. The summed E-state index contributed by atoms with van der Waals surface area (Å²) in [5, 5.41) is 7.49. The molecule has 0 bridgehead atoms. The number of nitrogens with zero attached hydrogens (tertiary/aromatic N) is 3. The minimum atomic E-state index is -0.235. The second-order valence-electron chi connectivity index (χ2n) is 8.38. The molecule has 0 atom stereocenters. The van der Waals surface area contributed by atoms with Crippen LogP contribution in [0.4, 0.5) is 5.69 Å². The zero-order chi connectivity index (χ0) is 21.1. The van der Waals surface area contributed by atoms with Crippen LogP contribution in [-0.2, 0) is 16.9 Å². The summed E-state index contributed by atoms with van der Waals surface area (Å²) in [6.45, 7) is 15.1. The molecule has 1 N–H and O–H groups in total. The lowest BCUT2D eigenvalue weighted by atomic mass is 10.1. The first-order valence-electron chi connectivity index (χ1n) is 9.79. The molecule has 0 aliphatic carbocycles. The lowest BCUT2D eigenvalue weighted by Crippen LogP contribution is -2.27. The molecule has 0 radical (unpaired) electrons. The molecule has 6 nitrogen and oxygen atoms in total. The van der Waals surface area contributed by atoms with Crippen LogP contribution < -0.4 is 5.32 Å². The summed E-state index contributed by atoms with van der Waals surface area (Å²) in [4.78, 5) is 26.2. The highest BCUT2D eigenvalue weighted by Crippen LogP contribution is 2.24. The average molecular weight is 385 g/mol. The summed E-state index contributed by atoms with van der Waals surface area (Å²) < 4.78 is 1.93. The van der Waals surface area contributed by atoms with Gasteiger partial charge in [-0.05, 0) is 57.4 Å². The minimum absolute atomic E-state index is 0.0332. The van der Waals surface area contributed by atoms with E-state index in [1.165, 1.54) is 0 Å². The van der Waals surface area contributed by atoms with Gasteiger partial charge in [0.15, 0.2) is 5.69 Å². The molecule has 152 valence electrons. The number of hydrogen-bond acceptors (Lipinski definition) is 3. The van der Waals surface area contributed by atoms with E-state index in [1.807, 2.05) is 41.9 Å². The van der Waals surface area contributed by atoms with Gasteiger partial charge in [-0.3, -0.25) is 14.3 Å². The smallest absolute Gasteiger partial charge is 0.276 e. The van der Waals surface area contributed by atoms with Crippen molar-refractivity contribution in [3.8, 4) is 0 Å². The average Bonchev–Trinajstić information content (AvgIpc) is 3.06. The second-order valence-corrected chi connectivity index (χ2v) is 8.38. The monoisotopic (exact) mass is 384 g/mol. The van der Waals surface area contributed by atoms with E-state index in [0.717, 1.165) is 11.3 Å². The Hall–Kier alpha value is -2.63. The first kappa shape index (κ1) is 21.7. The van der Waals surface area contributed by atoms with Crippen molar-refractivity contribution in [2.24, 2.45) is 0 Å². The Morgan fingerprint density at radius 1 is 1.21 bits per heavy atom. The van der Waals surface area contributed by atoms with Crippen LogP contribution in [0.25, 0.3) is 0 Å². The molecular formula is C22H32N4O2. The lowest BCUT2D eigenvalue weighted by Gasteiger charge is -2.23. The van der Waals surface area contributed by atoms with Gasteiger partial charge in [0, 0.05) is 31.4 Å². The molecular weight excluding hydrogens is 352 g/mol. The molecule has 0 unspecified atom stereocenters. The number of carbonyl (C=O) groups is 2. The molecule has 0 fully saturated rings. The van der Waals surface area contributed by atoms with E-state index in [2.05, 4.69) is 45.0 Å². The van der Waals surface area contributed by atoms with E-state index in [1.54, 1.807) is 11.8 Å². The fourth-order valence-electron chi connectivity index (χ4n) is 3.06. The van der Waals surface area contributed by atoms with Gasteiger partial charge in [0.25, 0.3) is 5.91 Å². The SMILES string of the molecule is CCN(Cc1cccc(NC(=O)c2cc(C(C)C)n(C(C)(C)C)n2)c1)C(C)=O. The Labute approximate surface area is 167 Å². The van der Waals surface area contributed by atoms with Crippen molar-refractivity contribution < 1.29 is 9.59 Å². The van der Waals surface area contributed by atoms with Crippen molar-refractivity contribution in [3.63, 3.8) is 0 Å². The molecule has 1 aromatic heterocycles. The second kappa shape index (κ2) is 8.59. The van der Waals surface area contributed by atoms with Crippen LogP contribution in [0, 0.1) is 0 Å². The number of rotatable bonds is 6. The Morgan fingerprint density at radius 2 is 1.89 bits per heavy atom. The zero-order valence-electron chi connectivity index (χ0n) is 18.0. The molecule has 0 spiro atoms. The van der Waals surface area contributed by atoms with Crippen molar-refractivity contribution in [3.05, 3.63) is 47.3 Å². The summed E-state index contributed by atoms with van der Waals surface area (Å²) >= 11 is 0. The maximum absolute atomic E-state index is 12.8. The highest BCUT2D eigenvalue weighted by atomic mass is 16.2. The number of benzene rings is 1. The third-order valence-corrected chi connectivity index (χ3v) is 4.58. The first-order chi connectivity index (χ1) is 13.0. The maximum atomic E-state index is 12.8. The molecule has 2 rings (SSSR count). The number of anilines is 1. The van der Waals surface area contributed by atoms with Crippen LogP contribution in [0.1, 0.15) is 76.1 Å². The highest BCUT2D eigenvalue weighted by Gasteiger charge is 2.23. The van der Waals surface area contributed by atoms with Crippen LogP contribution in [0.15, 0.2) is 30.3 Å². The predicted octanol–water partition coefficient (Wildman–Crippen LogP) is 4.38. The molecule has 2 amide bonds. The maximum Gasteiger partial charge on any atom is 0.276 e. The predicted molar refractivity (Wildman–Crippen MR) is 112 cm³/mol. The van der Waals surface area contributed by atoms with Crippen LogP contribution >= 0.6 is 0 Å². The molecule has 0 aliphatic rings. The van der Waals surface area contributed by atoms with Gasteiger partial charge in [0.05, 0.1) is 5.54 Å². The van der Waals surface area contributed by atoms with E-state index in [9.17, 15) is 9.59 Å². The standard InChI is InChI=1S/C22H32N4O2/c1-8-25(16(4)27)14-17-10-9-11-18(12-17)23-21(28)19-13-20(15(2)3)26(24-19)22(5,6)7/h9-13,15H,8,14H2,1-7H3,(H,23,28). The zero-order valence-corrected chi connectivity index (χ0v) is 18.0. The van der Waals surface area contributed by atoms with Gasteiger partial charge in [-0.25, -0.2) is 0 Å². The summed E-state index contributed by atoms with van der Waals surface area (Å²) in [5.74, 6) is 0.0649. The van der Waals surface area contributed by atoms with E-state index in [0.29, 0.717) is 24.5 Å². The third kappa shape index (κ3) is 5.21. The van der Waals surface area contributed by atoms with Gasteiger partial charge >= 0.3 is 0 Å². The van der Waals surface area contributed by atoms with Gasteiger partial charge < -0.3 is 10.2 Å². The fourth-order valence-corrected chi connectivity index (χ4v) is 3.06. The van der Waals surface area contributed by atoms with Crippen LogP contribution in [0.3, 0.4) is 0 Å². The molecule has 2 aromatic rings. The Kier molecular flexibility index (Phi) is 6.65. The Morgan fingerprint density at radius 3 is 2.39 bits per heavy atom. The molecule has 6 heteroatoms. The largest absolute Gasteiger partial charge is 0.339 e. The van der Waals surface area contributed by atoms with Crippen molar-refractivity contribution in [1.29, 1.82) is 0 Å². The summed E-state index contributed by atoms with van der Waals surface area (Å²) in [6, 6.07) is 9.44. The minimum Gasteiger partial charge on any atom is -0.339 e. The fraction of sp³-hybridized carbons (Fsp3) is 0.500. The van der Waals surface area contributed by atoms with E-state index < -0.39 is 0 Å². The summed E-state index contributed by atoms with van der Waals surface area (Å²) in [5.41, 5.74) is 2.90. The number of aromatic nitrogens is 2. The van der Waals surface area contributed by atoms with Crippen LogP contribution in [0.2, 0.25) is 0 Å². The topological polar surface area (TPSA) is 67.2 Å².